The summed E-state index contributed by atoms with van der Waals surface area (Å²) in [6.45, 7) is 6.83. The molecule has 0 saturated carbocycles. The van der Waals surface area contributed by atoms with Gasteiger partial charge in [0.15, 0.2) is 6.79 Å². The molecule has 0 aliphatic carbocycles. The summed E-state index contributed by atoms with van der Waals surface area (Å²) >= 11 is 3.55. The fourth-order valence-electron chi connectivity index (χ4n) is 1.32. The molecular weight excluding hydrogens is 256 g/mol. The number of ether oxygens (including phenoxy) is 2. The third-order valence-electron chi connectivity index (χ3n) is 2.09. The Labute approximate surface area is 99.7 Å². The van der Waals surface area contributed by atoms with E-state index in [2.05, 4.69) is 42.8 Å². The maximum absolute atomic E-state index is 5.35. The van der Waals surface area contributed by atoms with Crippen LogP contribution in [0.2, 0.25) is 0 Å². The van der Waals surface area contributed by atoms with Crippen molar-refractivity contribution in [3.8, 4) is 5.75 Å². The van der Waals surface area contributed by atoms with Crippen LogP contribution in [0.25, 0.3) is 0 Å². The van der Waals surface area contributed by atoms with Crippen molar-refractivity contribution in [3.63, 3.8) is 0 Å². The summed E-state index contributed by atoms with van der Waals surface area (Å²) in [5, 5.41) is 0. The Hall–Kier alpha value is -0.540. The first kappa shape index (κ1) is 12.5. The minimum absolute atomic E-state index is 0.138. The van der Waals surface area contributed by atoms with E-state index in [1.54, 1.807) is 7.11 Å². The van der Waals surface area contributed by atoms with Gasteiger partial charge < -0.3 is 9.47 Å². The van der Waals surface area contributed by atoms with Crippen molar-refractivity contribution in [1.82, 2.24) is 0 Å². The fraction of sp³-hybridized carbons (Fsp3) is 0.500. The van der Waals surface area contributed by atoms with Crippen LogP contribution in [0, 0.1) is 0 Å². The van der Waals surface area contributed by atoms with Gasteiger partial charge in [0.25, 0.3) is 0 Å². The Kier molecular flexibility index (Phi) is 4.17. The lowest BCUT2D eigenvalue weighted by Gasteiger charge is -2.21. The van der Waals surface area contributed by atoms with E-state index in [9.17, 15) is 0 Å². The molecule has 0 aliphatic rings. The summed E-state index contributed by atoms with van der Waals surface area (Å²) in [7, 11) is 1.61. The lowest BCUT2D eigenvalue weighted by Crippen LogP contribution is -2.12. The van der Waals surface area contributed by atoms with Gasteiger partial charge in [-0.25, -0.2) is 0 Å². The summed E-state index contributed by atoms with van der Waals surface area (Å²) in [6, 6.07) is 6.01. The lowest BCUT2D eigenvalue weighted by molar-refractivity contribution is 0.0510. The number of rotatable bonds is 3. The molecule has 0 radical (unpaired) electrons. The van der Waals surface area contributed by atoms with Gasteiger partial charge in [0.1, 0.15) is 5.75 Å². The molecule has 0 aliphatic heterocycles. The van der Waals surface area contributed by atoms with Crippen molar-refractivity contribution in [3.05, 3.63) is 28.2 Å². The molecule has 0 saturated heterocycles. The summed E-state index contributed by atoms with van der Waals surface area (Å²) in [5.74, 6) is 0.816. The molecule has 1 rings (SSSR count). The highest BCUT2D eigenvalue weighted by Crippen LogP contribution is 2.32. The Morgan fingerprint density at radius 1 is 1.27 bits per heavy atom. The predicted octanol–water partition coefficient (Wildman–Crippen LogP) is 3.73. The summed E-state index contributed by atoms with van der Waals surface area (Å²) in [4.78, 5) is 0. The fourth-order valence-corrected chi connectivity index (χ4v) is 2.27. The molecule has 0 aromatic heterocycles. The molecule has 0 amide bonds. The van der Waals surface area contributed by atoms with Crippen LogP contribution in [0.3, 0.4) is 0 Å². The normalized spacial score (nSPS) is 11.5. The molecule has 0 spiro atoms. The van der Waals surface area contributed by atoms with Gasteiger partial charge in [-0.1, -0.05) is 42.8 Å². The predicted molar refractivity (Wildman–Crippen MR) is 65.3 cm³/mol. The van der Waals surface area contributed by atoms with E-state index in [-0.39, 0.29) is 12.2 Å². The number of halogens is 1. The van der Waals surface area contributed by atoms with Crippen LogP contribution < -0.4 is 4.74 Å². The van der Waals surface area contributed by atoms with Crippen LogP contribution in [-0.4, -0.2) is 13.9 Å². The molecule has 84 valence electrons. The molecule has 0 fully saturated rings. The van der Waals surface area contributed by atoms with E-state index < -0.39 is 0 Å². The minimum atomic E-state index is 0.138. The second kappa shape index (κ2) is 4.99. The van der Waals surface area contributed by atoms with Gasteiger partial charge in [-0.05, 0) is 23.1 Å². The molecule has 0 unspecified atom stereocenters. The zero-order chi connectivity index (χ0) is 11.5. The first-order chi connectivity index (χ1) is 6.95. The Balaban J connectivity index is 2.89. The number of hydrogen-bond donors (Lipinski definition) is 0. The third kappa shape index (κ3) is 3.50. The van der Waals surface area contributed by atoms with E-state index in [0.29, 0.717) is 0 Å². The maximum atomic E-state index is 5.35. The largest absolute Gasteiger partial charge is 0.468 e. The van der Waals surface area contributed by atoms with Gasteiger partial charge in [-0.3, -0.25) is 0 Å². The van der Waals surface area contributed by atoms with Crippen molar-refractivity contribution in [1.29, 1.82) is 0 Å². The molecule has 3 heteroatoms. The van der Waals surface area contributed by atoms with Gasteiger partial charge in [-0.2, -0.15) is 0 Å². The van der Waals surface area contributed by atoms with E-state index in [4.69, 9.17) is 9.47 Å². The topological polar surface area (TPSA) is 18.5 Å². The highest BCUT2D eigenvalue weighted by molar-refractivity contribution is 9.10. The molecule has 0 N–H and O–H groups in total. The van der Waals surface area contributed by atoms with Gasteiger partial charge in [0.05, 0.1) is 0 Å². The van der Waals surface area contributed by atoms with Gasteiger partial charge in [0.2, 0.25) is 0 Å². The Morgan fingerprint density at radius 2 is 1.93 bits per heavy atom. The number of benzene rings is 1. The first-order valence-corrected chi connectivity index (χ1v) is 5.66. The Bertz CT molecular complexity index is 329. The standard InChI is InChI=1S/C12H17BrO2/c1-12(2,3)10-6-5-9(7-11(10)13)15-8-14-4/h5-7H,8H2,1-4H3. The van der Waals surface area contributed by atoms with Crippen molar-refractivity contribution in [2.75, 3.05) is 13.9 Å². The average molecular weight is 273 g/mol. The average Bonchev–Trinajstić information content (AvgIpc) is 2.12. The Morgan fingerprint density at radius 3 is 2.40 bits per heavy atom. The van der Waals surface area contributed by atoms with Crippen LogP contribution >= 0.6 is 15.9 Å². The third-order valence-corrected chi connectivity index (χ3v) is 2.75. The molecular formula is C12H17BrO2. The minimum Gasteiger partial charge on any atom is -0.468 e. The highest BCUT2D eigenvalue weighted by atomic mass is 79.9. The van der Waals surface area contributed by atoms with Crippen molar-refractivity contribution < 1.29 is 9.47 Å². The van der Waals surface area contributed by atoms with E-state index in [1.807, 2.05) is 12.1 Å². The van der Waals surface area contributed by atoms with E-state index in [0.717, 1.165) is 10.2 Å². The van der Waals surface area contributed by atoms with Crippen LogP contribution in [0.1, 0.15) is 26.3 Å². The van der Waals surface area contributed by atoms with Gasteiger partial charge >= 0.3 is 0 Å². The number of methoxy groups -OCH3 is 1. The zero-order valence-electron chi connectivity index (χ0n) is 9.63. The van der Waals surface area contributed by atoms with Crippen molar-refractivity contribution in [2.45, 2.75) is 26.2 Å². The van der Waals surface area contributed by atoms with Crippen LogP contribution in [-0.2, 0) is 10.2 Å². The lowest BCUT2D eigenvalue weighted by atomic mass is 9.87. The highest BCUT2D eigenvalue weighted by Gasteiger charge is 2.17. The molecule has 1 aromatic rings. The molecule has 1 aromatic carbocycles. The summed E-state index contributed by atoms with van der Waals surface area (Å²) in [5.41, 5.74) is 1.41. The van der Waals surface area contributed by atoms with Crippen LogP contribution in [0.5, 0.6) is 5.75 Å². The van der Waals surface area contributed by atoms with E-state index >= 15 is 0 Å². The second-order valence-electron chi connectivity index (χ2n) is 4.44. The maximum Gasteiger partial charge on any atom is 0.188 e. The molecule has 0 heterocycles. The monoisotopic (exact) mass is 272 g/mol. The first-order valence-electron chi connectivity index (χ1n) is 4.87. The summed E-state index contributed by atoms with van der Waals surface area (Å²) in [6.07, 6.45) is 0. The quantitative estimate of drug-likeness (QED) is 0.781. The molecule has 15 heavy (non-hydrogen) atoms. The van der Waals surface area contributed by atoms with Crippen LogP contribution in [0.4, 0.5) is 0 Å². The molecule has 0 atom stereocenters. The van der Waals surface area contributed by atoms with Crippen molar-refractivity contribution >= 4 is 15.9 Å². The van der Waals surface area contributed by atoms with Crippen LogP contribution in [0.15, 0.2) is 22.7 Å². The van der Waals surface area contributed by atoms with Crippen molar-refractivity contribution in [2.24, 2.45) is 0 Å². The second-order valence-corrected chi connectivity index (χ2v) is 5.30. The van der Waals surface area contributed by atoms with Gasteiger partial charge in [-0.15, -0.1) is 0 Å². The smallest absolute Gasteiger partial charge is 0.188 e. The SMILES string of the molecule is COCOc1ccc(C(C)(C)C)c(Br)c1. The molecule has 2 nitrogen and oxygen atoms in total. The molecule has 0 bridgehead atoms. The summed E-state index contributed by atoms with van der Waals surface area (Å²) < 4.78 is 11.3. The zero-order valence-corrected chi connectivity index (χ0v) is 11.2. The number of hydrogen-bond acceptors (Lipinski definition) is 2. The van der Waals surface area contributed by atoms with Gasteiger partial charge in [0, 0.05) is 11.6 Å². The van der Waals surface area contributed by atoms with E-state index in [1.165, 1.54) is 5.56 Å².